The van der Waals surface area contributed by atoms with Crippen molar-refractivity contribution >= 4 is 22.4 Å². The van der Waals surface area contributed by atoms with E-state index in [0.29, 0.717) is 25.0 Å². The molecule has 0 amide bonds. The number of benzene rings is 2. The van der Waals surface area contributed by atoms with E-state index in [0.717, 1.165) is 34.3 Å². The zero-order chi connectivity index (χ0) is 15.2. The highest BCUT2D eigenvalue weighted by Crippen LogP contribution is 2.36. The van der Waals surface area contributed by atoms with E-state index in [1.54, 1.807) is 0 Å². The van der Waals surface area contributed by atoms with Crippen molar-refractivity contribution in [2.24, 2.45) is 5.92 Å². The van der Waals surface area contributed by atoms with Crippen LogP contribution in [0.4, 0.5) is 0 Å². The van der Waals surface area contributed by atoms with Gasteiger partial charge in [0.1, 0.15) is 11.5 Å². The predicted molar refractivity (Wildman–Crippen MR) is 89.9 cm³/mol. The maximum atomic E-state index is 6.03. The largest absolute Gasteiger partial charge is 0.493 e. The Balaban J connectivity index is 2.34. The highest BCUT2D eigenvalue weighted by atomic mass is 35.5. The third-order valence-corrected chi connectivity index (χ3v) is 3.78. The van der Waals surface area contributed by atoms with Gasteiger partial charge in [-0.05, 0) is 37.8 Å². The second-order valence-corrected chi connectivity index (χ2v) is 5.77. The van der Waals surface area contributed by atoms with Crippen molar-refractivity contribution in [3.05, 3.63) is 35.9 Å². The number of ether oxygens (including phenoxy) is 2. The fourth-order valence-electron chi connectivity index (χ4n) is 2.41. The van der Waals surface area contributed by atoms with Crippen molar-refractivity contribution in [3.8, 4) is 11.5 Å². The van der Waals surface area contributed by atoms with Crippen LogP contribution in [0.25, 0.3) is 10.8 Å². The van der Waals surface area contributed by atoms with Gasteiger partial charge in [-0.2, -0.15) is 0 Å². The Morgan fingerprint density at radius 3 is 2.52 bits per heavy atom. The molecule has 0 heterocycles. The van der Waals surface area contributed by atoms with Gasteiger partial charge in [0.15, 0.2) is 0 Å². The first-order chi connectivity index (χ1) is 10.2. The van der Waals surface area contributed by atoms with Crippen molar-refractivity contribution < 1.29 is 9.47 Å². The monoisotopic (exact) mass is 306 g/mol. The molecule has 21 heavy (non-hydrogen) atoms. The molecule has 0 saturated heterocycles. The van der Waals surface area contributed by atoms with Crippen LogP contribution < -0.4 is 9.47 Å². The van der Waals surface area contributed by atoms with Crippen LogP contribution in [-0.2, 0) is 0 Å². The molecule has 0 aliphatic carbocycles. The second kappa shape index (κ2) is 7.56. The van der Waals surface area contributed by atoms with Gasteiger partial charge < -0.3 is 9.47 Å². The number of fused-ring (bicyclic) bond motifs is 1. The van der Waals surface area contributed by atoms with E-state index in [9.17, 15) is 0 Å². The SMILES string of the molecule is CCOc1c(C)cc(OCC(C)CCCl)c2ccccc12. The number of rotatable bonds is 7. The summed E-state index contributed by atoms with van der Waals surface area (Å²) in [6, 6.07) is 10.3. The van der Waals surface area contributed by atoms with Crippen LogP contribution in [0.2, 0.25) is 0 Å². The first kappa shape index (κ1) is 16.0. The molecule has 2 rings (SSSR count). The van der Waals surface area contributed by atoms with Crippen LogP contribution >= 0.6 is 11.6 Å². The minimum atomic E-state index is 0.452. The van der Waals surface area contributed by atoms with E-state index in [4.69, 9.17) is 21.1 Å². The molecular formula is C18H23ClO2. The molecule has 2 aromatic carbocycles. The molecule has 2 nitrogen and oxygen atoms in total. The molecule has 1 unspecified atom stereocenters. The molecule has 0 fully saturated rings. The number of alkyl halides is 1. The predicted octanol–water partition coefficient (Wildman–Crippen LogP) is 5.19. The molecule has 2 aromatic rings. The van der Waals surface area contributed by atoms with Gasteiger partial charge in [-0.1, -0.05) is 31.2 Å². The van der Waals surface area contributed by atoms with E-state index >= 15 is 0 Å². The Kier molecular flexibility index (Phi) is 5.75. The fraction of sp³-hybridized carbons (Fsp3) is 0.444. The van der Waals surface area contributed by atoms with Crippen LogP contribution in [0.15, 0.2) is 30.3 Å². The third kappa shape index (κ3) is 3.82. The van der Waals surface area contributed by atoms with Gasteiger partial charge in [0.05, 0.1) is 13.2 Å². The minimum Gasteiger partial charge on any atom is -0.493 e. The summed E-state index contributed by atoms with van der Waals surface area (Å²) in [5.41, 5.74) is 1.11. The van der Waals surface area contributed by atoms with Gasteiger partial charge in [0.25, 0.3) is 0 Å². The molecule has 0 bridgehead atoms. The van der Waals surface area contributed by atoms with Gasteiger partial charge >= 0.3 is 0 Å². The van der Waals surface area contributed by atoms with Gasteiger partial charge in [-0.15, -0.1) is 11.6 Å². The molecule has 0 aromatic heterocycles. The summed E-state index contributed by atoms with van der Waals surface area (Å²) in [4.78, 5) is 0. The van der Waals surface area contributed by atoms with E-state index in [2.05, 4.69) is 32.0 Å². The summed E-state index contributed by atoms with van der Waals surface area (Å²) in [5, 5.41) is 2.21. The van der Waals surface area contributed by atoms with Crippen LogP contribution in [0.1, 0.15) is 25.8 Å². The Bertz CT molecular complexity index is 595. The molecule has 1 atom stereocenters. The second-order valence-electron chi connectivity index (χ2n) is 5.39. The zero-order valence-corrected chi connectivity index (χ0v) is 13.7. The highest BCUT2D eigenvalue weighted by Gasteiger charge is 2.12. The lowest BCUT2D eigenvalue weighted by molar-refractivity contribution is 0.259. The maximum absolute atomic E-state index is 6.03. The summed E-state index contributed by atoms with van der Waals surface area (Å²) in [5.74, 6) is 3.00. The van der Waals surface area contributed by atoms with Gasteiger partial charge in [-0.3, -0.25) is 0 Å². The topological polar surface area (TPSA) is 18.5 Å². The summed E-state index contributed by atoms with van der Waals surface area (Å²) >= 11 is 5.78. The normalized spacial score (nSPS) is 12.4. The fourth-order valence-corrected chi connectivity index (χ4v) is 2.78. The van der Waals surface area contributed by atoms with E-state index in [-0.39, 0.29) is 0 Å². The first-order valence-electron chi connectivity index (χ1n) is 7.51. The highest BCUT2D eigenvalue weighted by molar-refractivity contribution is 6.17. The Morgan fingerprint density at radius 1 is 1.14 bits per heavy atom. The zero-order valence-electron chi connectivity index (χ0n) is 13.0. The summed E-state index contributed by atoms with van der Waals surface area (Å²) in [7, 11) is 0. The quantitative estimate of drug-likeness (QED) is 0.655. The number of aryl methyl sites for hydroxylation is 1. The Morgan fingerprint density at radius 2 is 1.86 bits per heavy atom. The number of halogens is 1. The van der Waals surface area contributed by atoms with Gasteiger partial charge in [0, 0.05) is 16.7 Å². The van der Waals surface area contributed by atoms with Crippen molar-refractivity contribution in [1.29, 1.82) is 0 Å². The molecule has 0 saturated carbocycles. The van der Waals surface area contributed by atoms with Crippen molar-refractivity contribution in [2.75, 3.05) is 19.1 Å². The molecule has 0 N–H and O–H groups in total. The van der Waals surface area contributed by atoms with Crippen LogP contribution in [0.5, 0.6) is 11.5 Å². The lowest BCUT2D eigenvalue weighted by Crippen LogP contribution is -2.09. The summed E-state index contributed by atoms with van der Waals surface area (Å²) < 4.78 is 11.8. The van der Waals surface area contributed by atoms with Crippen molar-refractivity contribution in [2.45, 2.75) is 27.2 Å². The summed E-state index contributed by atoms with van der Waals surface area (Å²) in [6.45, 7) is 7.58. The van der Waals surface area contributed by atoms with Crippen molar-refractivity contribution in [3.63, 3.8) is 0 Å². The lowest BCUT2D eigenvalue weighted by Gasteiger charge is -2.17. The van der Waals surface area contributed by atoms with E-state index in [1.165, 1.54) is 0 Å². The molecule has 0 spiro atoms. The van der Waals surface area contributed by atoms with Crippen molar-refractivity contribution in [1.82, 2.24) is 0 Å². The van der Waals surface area contributed by atoms with E-state index in [1.807, 2.05) is 19.1 Å². The van der Waals surface area contributed by atoms with Crippen LogP contribution in [0, 0.1) is 12.8 Å². The smallest absolute Gasteiger partial charge is 0.130 e. The number of hydrogen-bond donors (Lipinski definition) is 0. The third-order valence-electron chi connectivity index (χ3n) is 3.56. The minimum absolute atomic E-state index is 0.452. The molecule has 0 aliphatic heterocycles. The van der Waals surface area contributed by atoms with Gasteiger partial charge in [0.2, 0.25) is 0 Å². The number of hydrogen-bond acceptors (Lipinski definition) is 2. The summed E-state index contributed by atoms with van der Waals surface area (Å²) in [6.07, 6.45) is 0.968. The lowest BCUT2D eigenvalue weighted by atomic mass is 10.0. The van der Waals surface area contributed by atoms with Crippen LogP contribution in [0.3, 0.4) is 0 Å². The van der Waals surface area contributed by atoms with E-state index < -0.39 is 0 Å². The van der Waals surface area contributed by atoms with Gasteiger partial charge in [-0.25, -0.2) is 0 Å². The molecule has 0 radical (unpaired) electrons. The Hall–Kier alpha value is -1.41. The van der Waals surface area contributed by atoms with Crippen LogP contribution in [-0.4, -0.2) is 19.1 Å². The molecular weight excluding hydrogens is 284 g/mol. The first-order valence-corrected chi connectivity index (χ1v) is 8.04. The average Bonchev–Trinajstić information content (AvgIpc) is 2.48. The molecule has 114 valence electrons. The Labute approximate surface area is 132 Å². The maximum Gasteiger partial charge on any atom is 0.130 e. The molecule has 0 aliphatic rings. The molecule has 3 heteroatoms. The standard InChI is InChI=1S/C18H23ClO2/c1-4-20-18-14(3)11-17(21-12-13(2)9-10-19)15-7-5-6-8-16(15)18/h5-8,11,13H,4,9-10,12H2,1-3H3. The average molecular weight is 307 g/mol.